The molecule has 1 fully saturated rings. The standard InChI is InChI=1S/C8H7BrF2N2O2/c1-13-4(2-5(9)12-13)7(6(14)15)3-8(7,10)11/h2H,3H2,1H3,(H,14,15). The third-order valence-corrected chi connectivity index (χ3v) is 3.03. The number of carboxylic acid groups (broad SMARTS) is 1. The lowest BCUT2D eigenvalue weighted by molar-refractivity contribution is -0.143. The fourth-order valence-corrected chi connectivity index (χ4v) is 2.19. The van der Waals surface area contributed by atoms with Crippen LogP contribution in [-0.4, -0.2) is 26.8 Å². The quantitative estimate of drug-likeness (QED) is 0.894. The van der Waals surface area contributed by atoms with E-state index < -0.39 is 23.7 Å². The summed E-state index contributed by atoms with van der Waals surface area (Å²) in [4.78, 5) is 10.9. The second-order valence-electron chi connectivity index (χ2n) is 3.57. The van der Waals surface area contributed by atoms with Crippen molar-refractivity contribution >= 4 is 21.9 Å². The van der Waals surface area contributed by atoms with Crippen molar-refractivity contribution in [2.45, 2.75) is 17.8 Å². The van der Waals surface area contributed by atoms with E-state index >= 15 is 0 Å². The van der Waals surface area contributed by atoms with Crippen LogP contribution in [0.1, 0.15) is 12.1 Å². The lowest BCUT2D eigenvalue weighted by Crippen LogP contribution is -2.29. The highest BCUT2D eigenvalue weighted by atomic mass is 79.9. The van der Waals surface area contributed by atoms with E-state index in [1.807, 2.05) is 0 Å². The smallest absolute Gasteiger partial charge is 0.322 e. The Labute approximate surface area is 92.0 Å². The largest absolute Gasteiger partial charge is 0.480 e. The molecule has 1 aliphatic rings. The Morgan fingerprint density at radius 1 is 1.73 bits per heavy atom. The number of alkyl halides is 2. The molecule has 1 N–H and O–H groups in total. The second kappa shape index (κ2) is 2.78. The van der Waals surface area contributed by atoms with Crippen molar-refractivity contribution in [3.05, 3.63) is 16.4 Å². The summed E-state index contributed by atoms with van der Waals surface area (Å²) in [6.07, 6.45) is -0.665. The Morgan fingerprint density at radius 2 is 2.27 bits per heavy atom. The van der Waals surface area contributed by atoms with Gasteiger partial charge in [-0.15, -0.1) is 0 Å². The van der Waals surface area contributed by atoms with Gasteiger partial charge in [-0.05, 0) is 22.0 Å². The van der Waals surface area contributed by atoms with Crippen molar-refractivity contribution in [3.8, 4) is 0 Å². The molecule has 0 aliphatic heterocycles. The Kier molecular flexibility index (Phi) is 1.95. The maximum atomic E-state index is 13.1. The van der Waals surface area contributed by atoms with Crippen molar-refractivity contribution in [3.63, 3.8) is 0 Å². The number of halogens is 3. The average molecular weight is 281 g/mol. The molecule has 0 radical (unpaired) electrons. The molecule has 1 unspecified atom stereocenters. The van der Waals surface area contributed by atoms with Crippen LogP contribution in [0.4, 0.5) is 8.78 Å². The Hall–Kier alpha value is -0.980. The molecule has 0 amide bonds. The fraction of sp³-hybridized carbons (Fsp3) is 0.500. The normalized spacial score (nSPS) is 27.7. The van der Waals surface area contributed by atoms with Gasteiger partial charge in [0.05, 0.1) is 5.69 Å². The second-order valence-corrected chi connectivity index (χ2v) is 4.38. The van der Waals surface area contributed by atoms with Gasteiger partial charge in [0.2, 0.25) is 0 Å². The van der Waals surface area contributed by atoms with Crippen LogP contribution in [0.5, 0.6) is 0 Å². The van der Waals surface area contributed by atoms with Gasteiger partial charge in [0.15, 0.2) is 5.41 Å². The van der Waals surface area contributed by atoms with E-state index in [1.165, 1.54) is 17.8 Å². The van der Waals surface area contributed by atoms with Crippen LogP contribution in [0.2, 0.25) is 0 Å². The monoisotopic (exact) mass is 280 g/mol. The van der Waals surface area contributed by atoms with Crippen LogP contribution in [-0.2, 0) is 17.3 Å². The van der Waals surface area contributed by atoms with Gasteiger partial charge in [-0.1, -0.05) is 0 Å². The van der Waals surface area contributed by atoms with E-state index in [0.29, 0.717) is 4.60 Å². The van der Waals surface area contributed by atoms with Gasteiger partial charge >= 0.3 is 5.97 Å². The third-order valence-electron chi connectivity index (χ3n) is 2.64. The van der Waals surface area contributed by atoms with Crippen molar-refractivity contribution in [2.24, 2.45) is 7.05 Å². The van der Waals surface area contributed by atoms with Crippen LogP contribution in [0.25, 0.3) is 0 Å². The van der Waals surface area contributed by atoms with E-state index in [1.54, 1.807) is 0 Å². The number of hydrogen-bond donors (Lipinski definition) is 1. The predicted octanol–water partition coefficient (Wildman–Crippen LogP) is 1.54. The third kappa shape index (κ3) is 1.22. The van der Waals surface area contributed by atoms with Gasteiger partial charge in [-0.25, -0.2) is 8.78 Å². The molecule has 0 bridgehead atoms. The zero-order valence-corrected chi connectivity index (χ0v) is 9.25. The van der Waals surface area contributed by atoms with Crippen molar-refractivity contribution < 1.29 is 18.7 Å². The zero-order chi connectivity index (χ0) is 11.4. The highest BCUT2D eigenvalue weighted by Gasteiger charge is 2.78. The summed E-state index contributed by atoms with van der Waals surface area (Å²) in [5.41, 5.74) is -2.08. The van der Waals surface area contributed by atoms with E-state index in [2.05, 4.69) is 21.0 Å². The first kappa shape index (κ1) is 10.5. The van der Waals surface area contributed by atoms with Crippen molar-refractivity contribution in [1.82, 2.24) is 9.78 Å². The number of carboxylic acids is 1. The average Bonchev–Trinajstić information content (AvgIpc) is 2.50. The van der Waals surface area contributed by atoms with E-state index in [-0.39, 0.29) is 5.69 Å². The van der Waals surface area contributed by atoms with Crippen LogP contribution < -0.4 is 0 Å². The number of aromatic nitrogens is 2. The lowest BCUT2D eigenvalue weighted by atomic mass is 10.0. The number of aliphatic carboxylic acids is 1. The van der Waals surface area contributed by atoms with Gasteiger partial charge in [0.25, 0.3) is 5.92 Å². The summed E-state index contributed by atoms with van der Waals surface area (Å²) in [5.74, 6) is -4.70. The molecular weight excluding hydrogens is 274 g/mol. The molecule has 1 aromatic rings. The van der Waals surface area contributed by atoms with Gasteiger partial charge in [0, 0.05) is 13.5 Å². The summed E-state index contributed by atoms with van der Waals surface area (Å²) in [6, 6.07) is 1.31. The first-order chi connectivity index (χ1) is 6.81. The summed E-state index contributed by atoms with van der Waals surface area (Å²) in [7, 11) is 1.44. The molecule has 82 valence electrons. The molecule has 0 saturated heterocycles. The number of carbonyl (C=O) groups is 1. The van der Waals surface area contributed by atoms with Gasteiger partial charge in [-0.2, -0.15) is 5.10 Å². The zero-order valence-electron chi connectivity index (χ0n) is 7.67. The summed E-state index contributed by atoms with van der Waals surface area (Å²) >= 11 is 3.02. The fourth-order valence-electron chi connectivity index (χ4n) is 1.74. The highest BCUT2D eigenvalue weighted by Crippen LogP contribution is 2.61. The minimum Gasteiger partial charge on any atom is -0.480 e. The van der Waals surface area contributed by atoms with Gasteiger partial charge < -0.3 is 5.11 Å². The molecule has 0 aromatic carbocycles. The molecule has 1 saturated carbocycles. The summed E-state index contributed by atoms with van der Waals surface area (Å²) in [5, 5.41) is 12.7. The van der Waals surface area contributed by atoms with Crippen LogP contribution >= 0.6 is 15.9 Å². The summed E-state index contributed by atoms with van der Waals surface area (Å²) in [6.45, 7) is 0. The molecule has 2 rings (SSSR count). The maximum Gasteiger partial charge on any atom is 0.322 e. The Bertz CT molecular complexity index is 446. The number of hydrogen-bond acceptors (Lipinski definition) is 2. The maximum absolute atomic E-state index is 13.1. The molecule has 0 spiro atoms. The van der Waals surface area contributed by atoms with Gasteiger partial charge in [-0.3, -0.25) is 9.48 Å². The Balaban J connectivity index is 2.54. The molecule has 15 heavy (non-hydrogen) atoms. The first-order valence-electron chi connectivity index (χ1n) is 4.12. The molecular formula is C8H7BrF2N2O2. The van der Waals surface area contributed by atoms with E-state index in [9.17, 15) is 13.6 Å². The van der Waals surface area contributed by atoms with Crippen molar-refractivity contribution in [2.75, 3.05) is 0 Å². The summed E-state index contributed by atoms with van der Waals surface area (Å²) < 4.78 is 27.8. The SMILES string of the molecule is Cn1nc(Br)cc1C1(C(=O)O)CC1(F)F. The Morgan fingerprint density at radius 3 is 2.53 bits per heavy atom. The molecule has 1 atom stereocenters. The van der Waals surface area contributed by atoms with Crippen LogP contribution in [0.15, 0.2) is 10.7 Å². The lowest BCUT2D eigenvalue weighted by Gasteiger charge is -2.10. The van der Waals surface area contributed by atoms with Crippen molar-refractivity contribution in [1.29, 1.82) is 0 Å². The van der Waals surface area contributed by atoms with E-state index in [0.717, 1.165) is 0 Å². The van der Waals surface area contributed by atoms with E-state index in [4.69, 9.17) is 5.11 Å². The molecule has 1 aromatic heterocycles. The minimum absolute atomic E-state index is 0.0203. The minimum atomic E-state index is -3.19. The molecule has 1 heterocycles. The molecule has 4 nitrogen and oxygen atoms in total. The highest BCUT2D eigenvalue weighted by molar-refractivity contribution is 9.10. The number of nitrogens with zero attached hydrogens (tertiary/aromatic N) is 2. The first-order valence-corrected chi connectivity index (χ1v) is 4.92. The van der Waals surface area contributed by atoms with Crippen LogP contribution in [0.3, 0.4) is 0 Å². The topological polar surface area (TPSA) is 55.1 Å². The van der Waals surface area contributed by atoms with Crippen LogP contribution in [0, 0.1) is 0 Å². The predicted molar refractivity (Wildman–Crippen MR) is 49.8 cm³/mol. The van der Waals surface area contributed by atoms with Gasteiger partial charge in [0.1, 0.15) is 4.60 Å². The molecule has 1 aliphatic carbocycles. The number of aryl methyl sites for hydroxylation is 1. The number of rotatable bonds is 2. The molecule has 7 heteroatoms.